The van der Waals surface area contributed by atoms with Crippen molar-refractivity contribution in [3.8, 4) is 0 Å². The lowest BCUT2D eigenvalue weighted by Gasteiger charge is -2.11. The van der Waals surface area contributed by atoms with Gasteiger partial charge < -0.3 is 0 Å². The van der Waals surface area contributed by atoms with Crippen molar-refractivity contribution in [3.63, 3.8) is 0 Å². The topological polar surface area (TPSA) is 17.1 Å². The quantitative estimate of drug-likeness (QED) is 0.509. The summed E-state index contributed by atoms with van der Waals surface area (Å²) in [5.74, 6) is 0.383. The molecule has 0 bridgehead atoms. The highest BCUT2D eigenvalue weighted by Gasteiger charge is 2.13. The SMILES string of the molecule is CCC=C1CCCCC1=O. The number of hydrogen-bond acceptors (Lipinski definition) is 1. The number of hydrogen-bond donors (Lipinski definition) is 0. The summed E-state index contributed by atoms with van der Waals surface area (Å²) in [6, 6.07) is 0. The van der Waals surface area contributed by atoms with Crippen LogP contribution in [0.4, 0.5) is 0 Å². The van der Waals surface area contributed by atoms with Crippen LogP contribution < -0.4 is 0 Å². The van der Waals surface area contributed by atoms with E-state index in [9.17, 15) is 4.79 Å². The Morgan fingerprint density at radius 2 is 2.10 bits per heavy atom. The van der Waals surface area contributed by atoms with Crippen LogP contribution in [-0.4, -0.2) is 5.78 Å². The fourth-order valence-electron chi connectivity index (χ4n) is 1.36. The first kappa shape index (κ1) is 7.52. The molecule has 0 spiro atoms. The zero-order valence-electron chi connectivity index (χ0n) is 6.52. The average Bonchev–Trinajstić information content (AvgIpc) is 1.94. The third kappa shape index (κ3) is 1.69. The largest absolute Gasteiger partial charge is 0.295 e. The van der Waals surface area contributed by atoms with Gasteiger partial charge >= 0.3 is 0 Å². The van der Waals surface area contributed by atoms with E-state index in [-0.39, 0.29) is 0 Å². The van der Waals surface area contributed by atoms with Crippen LogP contribution in [0, 0.1) is 0 Å². The fourth-order valence-corrected chi connectivity index (χ4v) is 1.36. The molecule has 1 aliphatic carbocycles. The Kier molecular flexibility index (Phi) is 2.67. The van der Waals surface area contributed by atoms with Gasteiger partial charge in [0.15, 0.2) is 5.78 Å². The van der Waals surface area contributed by atoms with Gasteiger partial charge in [0.1, 0.15) is 0 Å². The lowest BCUT2D eigenvalue weighted by Crippen LogP contribution is -2.07. The molecule has 56 valence electrons. The van der Waals surface area contributed by atoms with Crippen LogP contribution >= 0.6 is 0 Å². The second-order valence-corrected chi connectivity index (χ2v) is 2.77. The first-order valence-corrected chi connectivity index (χ1v) is 4.07. The summed E-state index contributed by atoms with van der Waals surface area (Å²) < 4.78 is 0. The van der Waals surface area contributed by atoms with Gasteiger partial charge in [0.2, 0.25) is 0 Å². The second kappa shape index (κ2) is 3.55. The standard InChI is InChI=1S/C9H14O/c1-2-5-8-6-3-4-7-9(8)10/h5H,2-4,6-7H2,1H3. The van der Waals surface area contributed by atoms with Gasteiger partial charge in [-0.25, -0.2) is 0 Å². The molecule has 1 aliphatic rings. The maximum absolute atomic E-state index is 11.1. The van der Waals surface area contributed by atoms with Crippen LogP contribution in [0.3, 0.4) is 0 Å². The van der Waals surface area contributed by atoms with E-state index in [1.165, 1.54) is 6.42 Å². The molecule has 1 saturated carbocycles. The van der Waals surface area contributed by atoms with Gasteiger partial charge in [-0.3, -0.25) is 4.79 Å². The third-order valence-corrected chi connectivity index (χ3v) is 1.91. The summed E-state index contributed by atoms with van der Waals surface area (Å²) in [5, 5.41) is 0. The highest BCUT2D eigenvalue weighted by molar-refractivity contribution is 5.95. The van der Waals surface area contributed by atoms with Gasteiger partial charge in [0.25, 0.3) is 0 Å². The maximum Gasteiger partial charge on any atom is 0.158 e. The number of rotatable bonds is 1. The van der Waals surface area contributed by atoms with Crippen molar-refractivity contribution in [1.82, 2.24) is 0 Å². The summed E-state index contributed by atoms with van der Waals surface area (Å²) in [5.41, 5.74) is 1.08. The summed E-state index contributed by atoms with van der Waals surface area (Å²) in [7, 11) is 0. The van der Waals surface area contributed by atoms with Gasteiger partial charge in [-0.2, -0.15) is 0 Å². The van der Waals surface area contributed by atoms with E-state index in [1.54, 1.807) is 0 Å². The average molecular weight is 138 g/mol. The number of allylic oxidation sites excluding steroid dienone is 2. The van der Waals surface area contributed by atoms with Crippen molar-refractivity contribution in [2.75, 3.05) is 0 Å². The molecule has 1 fully saturated rings. The Labute approximate surface area is 62.1 Å². The van der Waals surface area contributed by atoms with Crippen LogP contribution in [0.5, 0.6) is 0 Å². The van der Waals surface area contributed by atoms with Crippen LogP contribution in [0.25, 0.3) is 0 Å². The van der Waals surface area contributed by atoms with E-state index in [2.05, 4.69) is 13.0 Å². The molecule has 0 heterocycles. The van der Waals surface area contributed by atoms with Crippen molar-refractivity contribution < 1.29 is 4.79 Å². The van der Waals surface area contributed by atoms with Crippen LogP contribution in [0.2, 0.25) is 0 Å². The van der Waals surface area contributed by atoms with Crippen molar-refractivity contribution in [2.45, 2.75) is 39.0 Å². The summed E-state index contributed by atoms with van der Waals surface area (Å²) in [4.78, 5) is 11.1. The van der Waals surface area contributed by atoms with Crippen molar-refractivity contribution >= 4 is 5.78 Å². The van der Waals surface area contributed by atoms with Crippen LogP contribution in [0.1, 0.15) is 39.0 Å². The molecular weight excluding hydrogens is 124 g/mol. The second-order valence-electron chi connectivity index (χ2n) is 2.77. The van der Waals surface area contributed by atoms with Crippen LogP contribution in [0.15, 0.2) is 11.6 Å². The first-order valence-electron chi connectivity index (χ1n) is 4.07. The fraction of sp³-hybridized carbons (Fsp3) is 0.667. The van der Waals surface area contributed by atoms with E-state index in [1.807, 2.05) is 0 Å². The number of carbonyl (C=O) groups excluding carboxylic acids is 1. The Morgan fingerprint density at radius 1 is 1.40 bits per heavy atom. The molecule has 0 atom stereocenters. The lowest BCUT2D eigenvalue weighted by molar-refractivity contribution is -0.116. The van der Waals surface area contributed by atoms with E-state index in [0.29, 0.717) is 5.78 Å². The molecule has 0 aromatic heterocycles. The van der Waals surface area contributed by atoms with E-state index < -0.39 is 0 Å². The summed E-state index contributed by atoms with van der Waals surface area (Å²) >= 11 is 0. The molecule has 0 saturated heterocycles. The molecular formula is C9H14O. The molecule has 0 N–H and O–H groups in total. The molecule has 0 unspecified atom stereocenters. The van der Waals surface area contributed by atoms with E-state index >= 15 is 0 Å². The van der Waals surface area contributed by atoms with Gasteiger partial charge in [-0.05, 0) is 31.3 Å². The highest BCUT2D eigenvalue weighted by atomic mass is 16.1. The Morgan fingerprint density at radius 3 is 2.70 bits per heavy atom. The van der Waals surface area contributed by atoms with Gasteiger partial charge in [-0.1, -0.05) is 13.0 Å². The monoisotopic (exact) mass is 138 g/mol. The minimum atomic E-state index is 0.383. The van der Waals surface area contributed by atoms with Gasteiger partial charge in [-0.15, -0.1) is 0 Å². The molecule has 0 aromatic carbocycles. The molecule has 1 rings (SSSR count). The predicted octanol–water partition coefficient (Wildman–Crippen LogP) is 2.47. The molecule has 1 nitrogen and oxygen atoms in total. The molecule has 10 heavy (non-hydrogen) atoms. The van der Waals surface area contributed by atoms with E-state index in [0.717, 1.165) is 31.3 Å². The van der Waals surface area contributed by atoms with Gasteiger partial charge in [0, 0.05) is 6.42 Å². The van der Waals surface area contributed by atoms with Crippen molar-refractivity contribution in [3.05, 3.63) is 11.6 Å². The Balaban J connectivity index is 2.56. The van der Waals surface area contributed by atoms with Crippen molar-refractivity contribution in [1.29, 1.82) is 0 Å². The maximum atomic E-state index is 11.1. The van der Waals surface area contributed by atoms with Crippen molar-refractivity contribution in [2.24, 2.45) is 0 Å². The molecule has 0 aliphatic heterocycles. The molecule has 0 aromatic rings. The molecule has 1 heteroatoms. The minimum Gasteiger partial charge on any atom is -0.295 e. The minimum absolute atomic E-state index is 0.383. The normalized spacial score (nSPS) is 23.7. The van der Waals surface area contributed by atoms with E-state index in [4.69, 9.17) is 0 Å². The van der Waals surface area contributed by atoms with Crippen LogP contribution in [-0.2, 0) is 4.79 Å². The highest BCUT2D eigenvalue weighted by Crippen LogP contribution is 2.19. The number of Topliss-reactive ketones (excluding diaryl/α,β-unsaturated/α-hetero) is 1. The van der Waals surface area contributed by atoms with Gasteiger partial charge in [0.05, 0.1) is 0 Å². The third-order valence-electron chi connectivity index (χ3n) is 1.91. The lowest BCUT2D eigenvalue weighted by atomic mass is 9.93. The molecule has 0 radical (unpaired) electrons. The Bertz CT molecular complexity index is 156. The summed E-state index contributed by atoms with van der Waals surface area (Å²) in [6.45, 7) is 2.08. The zero-order valence-corrected chi connectivity index (χ0v) is 6.52. The smallest absolute Gasteiger partial charge is 0.158 e. The Hall–Kier alpha value is -0.590. The zero-order chi connectivity index (χ0) is 7.40. The first-order chi connectivity index (χ1) is 4.84. The molecule has 0 amide bonds. The number of ketones is 1. The predicted molar refractivity (Wildman–Crippen MR) is 41.8 cm³/mol. The summed E-state index contributed by atoms with van der Waals surface area (Å²) in [6.07, 6.45) is 7.18. The number of carbonyl (C=O) groups is 1.